The summed E-state index contributed by atoms with van der Waals surface area (Å²) >= 11 is 0. The van der Waals surface area contributed by atoms with Gasteiger partial charge in [0.1, 0.15) is 0 Å². The van der Waals surface area contributed by atoms with Gasteiger partial charge in [0.2, 0.25) is 0 Å². The standard InChI is InChI=1S/C25H31NO3/c1-5-17-29-20(4)18-19(3)23(25(27)28-6-2)26-24(21-13-9-7-10-14-21)22-15-11-8-12-16-22/h5,7-16,19-20,23H,1,6,17-18H2,2-4H3. The largest absolute Gasteiger partial charge is 0.464 e. The third-order valence-electron chi connectivity index (χ3n) is 4.63. The average molecular weight is 394 g/mol. The highest BCUT2D eigenvalue weighted by atomic mass is 16.5. The van der Waals surface area contributed by atoms with Crippen LogP contribution in [0.4, 0.5) is 0 Å². The van der Waals surface area contributed by atoms with Crippen molar-refractivity contribution in [1.82, 2.24) is 0 Å². The van der Waals surface area contributed by atoms with Crippen molar-refractivity contribution in [2.24, 2.45) is 10.9 Å². The van der Waals surface area contributed by atoms with Crippen LogP contribution in [0.5, 0.6) is 0 Å². The number of carbonyl (C=O) groups excluding carboxylic acids is 1. The minimum absolute atomic E-state index is 0.00738. The first-order valence-electron chi connectivity index (χ1n) is 10.1. The van der Waals surface area contributed by atoms with Gasteiger partial charge in [0.25, 0.3) is 0 Å². The van der Waals surface area contributed by atoms with Gasteiger partial charge < -0.3 is 9.47 Å². The maximum absolute atomic E-state index is 12.8. The summed E-state index contributed by atoms with van der Waals surface area (Å²) in [5.41, 5.74) is 2.73. The highest BCUT2D eigenvalue weighted by Gasteiger charge is 2.28. The summed E-state index contributed by atoms with van der Waals surface area (Å²) in [5.74, 6) is -0.350. The summed E-state index contributed by atoms with van der Waals surface area (Å²) in [4.78, 5) is 17.7. The van der Waals surface area contributed by atoms with Crippen molar-refractivity contribution in [1.29, 1.82) is 0 Å². The van der Waals surface area contributed by atoms with Crippen LogP contribution in [0.15, 0.2) is 78.3 Å². The second kappa shape index (κ2) is 12.0. The molecule has 0 aromatic heterocycles. The van der Waals surface area contributed by atoms with Crippen molar-refractivity contribution < 1.29 is 14.3 Å². The molecule has 0 saturated heterocycles. The molecule has 0 N–H and O–H groups in total. The van der Waals surface area contributed by atoms with E-state index in [4.69, 9.17) is 14.5 Å². The molecule has 0 aliphatic heterocycles. The zero-order valence-electron chi connectivity index (χ0n) is 17.6. The molecule has 2 rings (SSSR count). The summed E-state index contributed by atoms with van der Waals surface area (Å²) in [6, 6.07) is 19.3. The Balaban J connectivity index is 2.41. The minimum Gasteiger partial charge on any atom is -0.464 e. The number of carbonyl (C=O) groups is 1. The van der Waals surface area contributed by atoms with Crippen molar-refractivity contribution in [2.45, 2.75) is 39.3 Å². The van der Waals surface area contributed by atoms with Gasteiger partial charge in [0.05, 0.1) is 25.0 Å². The molecule has 0 amide bonds. The molecule has 0 radical (unpaired) electrons. The Labute approximate surface area is 174 Å². The van der Waals surface area contributed by atoms with Crippen molar-refractivity contribution in [3.63, 3.8) is 0 Å². The third kappa shape index (κ3) is 6.99. The van der Waals surface area contributed by atoms with Crippen LogP contribution in [0, 0.1) is 5.92 Å². The van der Waals surface area contributed by atoms with Crippen LogP contribution in [0.3, 0.4) is 0 Å². The molecular formula is C25H31NO3. The summed E-state index contributed by atoms with van der Waals surface area (Å²) in [6.07, 6.45) is 2.41. The molecule has 154 valence electrons. The summed E-state index contributed by atoms with van der Waals surface area (Å²) < 4.78 is 11.1. The number of rotatable bonds is 11. The molecule has 0 heterocycles. The SMILES string of the molecule is C=CCOC(C)CC(C)C(N=C(c1ccccc1)c1ccccc1)C(=O)OCC. The smallest absolute Gasteiger partial charge is 0.331 e. The van der Waals surface area contributed by atoms with E-state index in [0.717, 1.165) is 16.8 Å². The molecular weight excluding hydrogens is 362 g/mol. The number of hydrogen-bond donors (Lipinski definition) is 0. The van der Waals surface area contributed by atoms with E-state index in [1.54, 1.807) is 6.08 Å². The molecule has 3 unspecified atom stereocenters. The molecule has 2 aromatic rings. The van der Waals surface area contributed by atoms with Gasteiger partial charge in [0, 0.05) is 11.1 Å². The molecule has 0 aliphatic rings. The molecule has 29 heavy (non-hydrogen) atoms. The van der Waals surface area contributed by atoms with Gasteiger partial charge in [-0.05, 0) is 26.2 Å². The van der Waals surface area contributed by atoms with E-state index >= 15 is 0 Å². The van der Waals surface area contributed by atoms with Crippen LogP contribution in [0.2, 0.25) is 0 Å². The Kier molecular flexibility index (Phi) is 9.32. The number of ether oxygens (including phenoxy) is 2. The average Bonchev–Trinajstić information content (AvgIpc) is 2.74. The predicted molar refractivity (Wildman–Crippen MR) is 118 cm³/mol. The summed E-state index contributed by atoms with van der Waals surface area (Å²) in [7, 11) is 0. The number of hydrogen-bond acceptors (Lipinski definition) is 4. The Morgan fingerprint density at radius 3 is 2.07 bits per heavy atom. The van der Waals surface area contributed by atoms with Gasteiger partial charge in [0.15, 0.2) is 6.04 Å². The lowest BCUT2D eigenvalue weighted by molar-refractivity contribution is -0.146. The Hall–Kier alpha value is -2.72. The van der Waals surface area contributed by atoms with Gasteiger partial charge in [-0.2, -0.15) is 0 Å². The maximum atomic E-state index is 12.8. The molecule has 4 nitrogen and oxygen atoms in total. The van der Waals surface area contributed by atoms with Gasteiger partial charge in [-0.3, -0.25) is 4.99 Å². The van der Waals surface area contributed by atoms with E-state index in [9.17, 15) is 4.79 Å². The second-order valence-electron chi connectivity index (χ2n) is 7.05. The molecule has 0 aliphatic carbocycles. The first-order chi connectivity index (χ1) is 14.1. The predicted octanol–water partition coefficient (Wildman–Crippen LogP) is 5.07. The Morgan fingerprint density at radius 2 is 1.59 bits per heavy atom. The van der Waals surface area contributed by atoms with Crippen LogP contribution < -0.4 is 0 Å². The van der Waals surface area contributed by atoms with E-state index in [1.807, 2.05) is 81.4 Å². The van der Waals surface area contributed by atoms with Crippen molar-refractivity contribution in [3.8, 4) is 0 Å². The van der Waals surface area contributed by atoms with Crippen molar-refractivity contribution in [3.05, 3.63) is 84.4 Å². The topological polar surface area (TPSA) is 47.9 Å². The zero-order chi connectivity index (χ0) is 21.1. The molecule has 0 fully saturated rings. The van der Waals surface area contributed by atoms with Gasteiger partial charge >= 0.3 is 5.97 Å². The fourth-order valence-corrected chi connectivity index (χ4v) is 3.24. The van der Waals surface area contributed by atoms with Crippen LogP contribution in [0.25, 0.3) is 0 Å². The minimum atomic E-state index is -0.611. The van der Waals surface area contributed by atoms with E-state index in [2.05, 4.69) is 6.58 Å². The second-order valence-corrected chi connectivity index (χ2v) is 7.05. The number of nitrogens with zero attached hydrogens (tertiary/aromatic N) is 1. The van der Waals surface area contributed by atoms with Crippen LogP contribution in [0.1, 0.15) is 38.3 Å². The molecule has 0 spiro atoms. The lowest BCUT2D eigenvalue weighted by atomic mass is 9.94. The lowest BCUT2D eigenvalue weighted by Crippen LogP contribution is -2.32. The van der Waals surface area contributed by atoms with E-state index in [-0.39, 0.29) is 18.0 Å². The highest BCUT2D eigenvalue weighted by molar-refractivity contribution is 6.13. The first kappa shape index (κ1) is 22.6. The fourth-order valence-electron chi connectivity index (χ4n) is 3.24. The first-order valence-corrected chi connectivity index (χ1v) is 10.1. The maximum Gasteiger partial charge on any atom is 0.331 e. The number of esters is 1. The van der Waals surface area contributed by atoms with Crippen LogP contribution >= 0.6 is 0 Å². The molecule has 0 bridgehead atoms. The van der Waals surface area contributed by atoms with Crippen molar-refractivity contribution in [2.75, 3.05) is 13.2 Å². The number of benzene rings is 2. The van der Waals surface area contributed by atoms with Crippen LogP contribution in [-0.2, 0) is 14.3 Å². The summed E-state index contributed by atoms with van der Waals surface area (Å²) in [5, 5.41) is 0. The van der Waals surface area contributed by atoms with Gasteiger partial charge in [-0.25, -0.2) is 4.79 Å². The lowest BCUT2D eigenvalue weighted by Gasteiger charge is -2.23. The molecule has 4 heteroatoms. The normalized spacial score (nSPS) is 13.8. The fraction of sp³-hybridized carbons (Fsp3) is 0.360. The molecule has 3 atom stereocenters. The van der Waals surface area contributed by atoms with E-state index in [1.165, 1.54) is 0 Å². The van der Waals surface area contributed by atoms with E-state index in [0.29, 0.717) is 19.6 Å². The Bertz CT molecular complexity index is 745. The molecule has 0 saturated carbocycles. The zero-order valence-corrected chi connectivity index (χ0v) is 17.6. The highest BCUT2D eigenvalue weighted by Crippen LogP contribution is 2.21. The monoisotopic (exact) mass is 393 g/mol. The van der Waals surface area contributed by atoms with Crippen molar-refractivity contribution >= 4 is 11.7 Å². The third-order valence-corrected chi connectivity index (χ3v) is 4.63. The quantitative estimate of drug-likeness (QED) is 0.304. The molecule has 2 aromatic carbocycles. The van der Waals surface area contributed by atoms with Gasteiger partial charge in [-0.15, -0.1) is 6.58 Å². The van der Waals surface area contributed by atoms with Crippen LogP contribution in [-0.4, -0.2) is 37.0 Å². The van der Waals surface area contributed by atoms with Gasteiger partial charge in [-0.1, -0.05) is 73.7 Å². The number of aliphatic imine (C=N–C) groups is 1. The van der Waals surface area contributed by atoms with E-state index < -0.39 is 6.04 Å². The Morgan fingerprint density at radius 1 is 1.03 bits per heavy atom. The summed E-state index contributed by atoms with van der Waals surface area (Å²) in [6.45, 7) is 10.3.